The van der Waals surface area contributed by atoms with Gasteiger partial charge in [0.1, 0.15) is 5.82 Å². The number of hydrogen-bond donors (Lipinski definition) is 2. The van der Waals surface area contributed by atoms with Gasteiger partial charge in [-0.2, -0.15) is 0 Å². The monoisotopic (exact) mass is 534 g/mol. The third-order valence-electron chi connectivity index (χ3n) is 5.01. The molecule has 164 valence electrons. The van der Waals surface area contributed by atoms with Gasteiger partial charge in [0.25, 0.3) is 5.56 Å². The lowest BCUT2D eigenvalue weighted by atomic mass is 10.1. The van der Waals surface area contributed by atoms with E-state index in [0.29, 0.717) is 24.6 Å². The highest BCUT2D eigenvalue weighted by Crippen LogP contribution is 2.16. The zero-order chi connectivity index (χ0) is 21.5. The lowest BCUT2D eigenvalue weighted by Crippen LogP contribution is -2.38. The average molecular weight is 534 g/mol. The summed E-state index contributed by atoms with van der Waals surface area (Å²) in [6.45, 7) is 4.86. The second kappa shape index (κ2) is 11.6. The van der Waals surface area contributed by atoms with Crippen LogP contribution in [-0.2, 0) is 13.1 Å². The van der Waals surface area contributed by atoms with Gasteiger partial charge < -0.3 is 15.2 Å². The van der Waals surface area contributed by atoms with Crippen LogP contribution in [0.1, 0.15) is 35.2 Å². The number of guanidine groups is 1. The SMILES string of the molecule is CN=C(NCc1ccc(Cn2ccccc2=O)cc1)NC(C)c1ccc(C)c(F)c1.I. The van der Waals surface area contributed by atoms with Gasteiger partial charge in [0, 0.05) is 25.9 Å². The number of aryl methyl sites for hydroxylation is 1. The highest BCUT2D eigenvalue weighted by atomic mass is 127. The van der Waals surface area contributed by atoms with Crippen LogP contribution in [0.3, 0.4) is 0 Å². The molecule has 0 saturated carbocycles. The van der Waals surface area contributed by atoms with E-state index in [1.54, 1.807) is 49.0 Å². The minimum absolute atomic E-state index is 0. The van der Waals surface area contributed by atoms with Crippen molar-refractivity contribution in [1.29, 1.82) is 0 Å². The molecule has 0 radical (unpaired) electrons. The molecule has 0 saturated heterocycles. The van der Waals surface area contributed by atoms with Gasteiger partial charge in [-0.15, -0.1) is 24.0 Å². The Labute approximate surface area is 199 Å². The van der Waals surface area contributed by atoms with E-state index < -0.39 is 0 Å². The summed E-state index contributed by atoms with van der Waals surface area (Å²) in [7, 11) is 1.71. The number of halogens is 2. The van der Waals surface area contributed by atoms with Crippen LogP contribution >= 0.6 is 24.0 Å². The second-order valence-corrected chi connectivity index (χ2v) is 7.28. The summed E-state index contributed by atoms with van der Waals surface area (Å²) in [5, 5.41) is 6.56. The average Bonchev–Trinajstić information content (AvgIpc) is 2.75. The fourth-order valence-electron chi connectivity index (χ4n) is 3.10. The van der Waals surface area contributed by atoms with Crippen LogP contribution < -0.4 is 16.2 Å². The van der Waals surface area contributed by atoms with E-state index in [4.69, 9.17) is 0 Å². The van der Waals surface area contributed by atoms with E-state index in [0.717, 1.165) is 16.7 Å². The van der Waals surface area contributed by atoms with Crippen molar-refractivity contribution in [2.45, 2.75) is 33.0 Å². The van der Waals surface area contributed by atoms with E-state index in [1.807, 2.05) is 43.3 Å². The number of pyridine rings is 1. The first-order chi connectivity index (χ1) is 14.5. The van der Waals surface area contributed by atoms with Crippen molar-refractivity contribution < 1.29 is 4.39 Å². The van der Waals surface area contributed by atoms with Crippen molar-refractivity contribution in [3.63, 3.8) is 0 Å². The summed E-state index contributed by atoms with van der Waals surface area (Å²) in [6, 6.07) is 18.4. The largest absolute Gasteiger partial charge is 0.352 e. The molecule has 3 rings (SSSR count). The first-order valence-electron chi connectivity index (χ1n) is 9.93. The molecule has 0 aliphatic carbocycles. The Morgan fingerprint density at radius 3 is 2.45 bits per heavy atom. The Bertz CT molecular complexity index is 1080. The maximum atomic E-state index is 13.8. The second-order valence-electron chi connectivity index (χ2n) is 7.28. The molecule has 0 aliphatic heterocycles. The molecule has 0 fully saturated rings. The summed E-state index contributed by atoms with van der Waals surface area (Å²) < 4.78 is 15.5. The topological polar surface area (TPSA) is 58.4 Å². The van der Waals surface area contributed by atoms with Crippen LogP contribution in [0.5, 0.6) is 0 Å². The van der Waals surface area contributed by atoms with Crippen molar-refractivity contribution in [1.82, 2.24) is 15.2 Å². The minimum atomic E-state index is -0.207. The van der Waals surface area contributed by atoms with Crippen LogP contribution in [0.15, 0.2) is 76.6 Å². The van der Waals surface area contributed by atoms with E-state index in [2.05, 4.69) is 15.6 Å². The summed E-state index contributed by atoms with van der Waals surface area (Å²) in [5.74, 6) is 0.436. The number of hydrogen-bond acceptors (Lipinski definition) is 2. The lowest BCUT2D eigenvalue weighted by molar-refractivity contribution is 0.607. The molecule has 3 aromatic rings. The van der Waals surface area contributed by atoms with Crippen molar-refractivity contribution in [2.24, 2.45) is 4.99 Å². The Hall–Kier alpha value is -2.68. The zero-order valence-corrected chi connectivity index (χ0v) is 20.3. The van der Waals surface area contributed by atoms with Crippen LogP contribution in [0.25, 0.3) is 0 Å². The third kappa shape index (κ3) is 6.92. The van der Waals surface area contributed by atoms with Gasteiger partial charge in [0.15, 0.2) is 5.96 Å². The van der Waals surface area contributed by atoms with E-state index >= 15 is 0 Å². The lowest BCUT2D eigenvalue weighted by Gasteiger charge is -2.19. The molecule has 31 heavy (non-hydrogen) atoms. The summed E-state index contributed by atoms with van der Waals surface area (Å²) in [6.07, 6.45) is 1.79. The van der Waals surface area contributed by atoms with Crippen LogP contribution in [0.4, 0.5) is 4.39 Å². The number of aliphatic imine (C=N–C) groups is 1. The van der Waals surface area contributed by atoms with Gasteiger partial charge in [-0.1, -0.05) is 42.5 Å². The molecule has 0 bridgehead atoms. The summed E-state index contributed by atoms with van der Waals surface area (Å²) in [5.41, 5.74) is 3.64. The van der Waals surface area contributed by atoms with Crippen molar-refractivity contribution >= 4 is 29.9 Å². The zero-order valence-electron chi connectivity index (χ0n) is 17.9. The molecule has 1 heterocycles. The van der Waals surface area contributed by atoms with E-state index in [-0.39, 0.29) is 41.4 Å². The molecule has 5 nitrogen and oxygen atoms in total. The molecule has 0 amide bonds. The minimum Gasteiger partial charge on any atom is -0.352 e. The normalized spacial score (nSPS) is 12.1. The molecule has 7 heteroatoms. The Kier molecular flexibility index (Phi) is 9.23. The van der Waals surface area contributed by atoms with Crippen LogP contribution in [0, 0.1) is 12.7 Å². The van der Waals surface area contributed by atoms with E-state index in [9.17, 15) is 9.18 Å². The van der Waals surface area contributed by atoms with Crippen molar-refractivity contribution in [3.05, 3.63) is 105 Å². The predicted molar refractivity (Wildman–Crippen MR) is 135 cm³/mol. The number of aromatic nitrogens is 1. The maximum Gasteiger partial charge on any atom is 0.250 e. The molecular formula is C24H28FIN4O. The molecule has 0 spiro atoms. The molecular weight excluding hydrogens is 506 g/mol. The standard InChI is InChI=1S/C24H27FN4O.HI/c1-17-7-12-21(14-22(17)25)18(2)28-24(26-3)27-15-19-8-10-20(11-9-19)16-29-13-5-4-6-23(29)30;/h4-14,18H,15-16H2,1-3H3,(H2,26,27,28);1H. The number of rotatable bonds is 6. The van der Waals surface area contributed by atoms with Gasteiger partial charge >= 0.3 is 0 Å². The molecule has 1 atom stereocenters. The van der Waals surface area contributed by atoms with Crippen molar-refractivity contribution in [3.8, 4) is 0 Å². The fraction of sp³-hybridized carbons (Fsp3) is 0.250. The number of nitrogens with one attached hydrogen (secondary N) is 2. The highest BCUT2D eigenvalue weighted by Gasteiger charge is 2.10. The van der Waals surface area contributed by atoms with Crippen LogP contribution in [-0.4, -0.2) is 17.6 Å². The Morgan fingerprint density at radius 2 is 1.81 bits per heavy atom. The maximum absolute atomic E-state index is 13.8. The Balaban J connectivity index is 0.00000341. The smallest absolute Gasteiger partial charge is 0.250 e. The first kappa shape index (κ1) is 24.6. The van der Waals surface area contributed by atoms with E-state index in [1.165, 1.54) is 0 Å². The van der Waals surface area contributed by atoms with Gasteiger partial charge in [-0.3, -0.25) is 9.79 Å². The Morgan fingerprint density at radius 1 is 1.10 bits per heavy atom. The summed E-state index contributed by atoms with van der Waals surface area (Å²) >= 11 is 0. The predicted octanol–water partition coefficient (Wildman–Crippen LogP) is 4.39. The molecule has 2 aromatic carbocycles. The van der Waals surface area contributed by atoms with Gasteiger partial charge in [-0.25, -0.2) is 4.39 Å². The van der Waals surface area contributed by atoms with Crippen molar-refractivity contribution in [2.75, 3.05) is 7.05 Å². The first-order valence-corrected chi connectivity index (χ1v) is 9.93. The molecule has 1 unspecified atom stereocenters. The van der Waals surface area contributed by atoms with Gasteiger partial charge in [0.05, 0.1) is 12.6 Å². The molecule has 1 aromatic heterocycles. The van der Waals surface area contributed by atoms with Gasteiger partial charge in [0.2, 0.25) is 0 Å². The van der Waals surface area contributed by atoms with Gasteiger partial charge in [-0.05, 0) is 48.2 Å². The molecule has 0 aliphatic rings. The number of nitrogens with zero attached hydrogens (tertiary/aromatic N) is 2. The molecule has 2 N–H and O–H groups in total. The quantitative estimate of drug-likeness (QED) is 0.280. The fourth-order valence-corrected chi connectivity index (χ4v) is 3.10. The number of benzene rings is 2. The highest BCUT2D eigenvalue weighted by molar-refractivity contribution is 14.0. The summed E-state index contributed by atoms with van der Waals surface area (Å²) in [4.78, 5) is 16.1. The third-order valence-corrected chi connectivity index (χ3v) is 5.01. The van der Waals surface area contributed by atoms with Crippen LogP contribution in [0.2, 0.25) is 0 Å².